The topological polar surface area (TPSA) is 45.6 Å². The van der Waals surface area contributed by atoms with Crippen LogP contribution in [0.1, 0.15) is 23.3 Å². The summed E-state index contributed by atoms with van der Waals surface area (Å²) in [5.74, 6) is -0.0363. The fourth-order valence-corrected chi connectivity index (χ4v) is 3.73. The highest BCUT2D eigenvalue weighted by Crippen LogP contribution is 2.22. The van der Waals surface area contributed by atoms with Crippen molar-refractivity contribution in [1.29, 1.82) is 0 Å². The third kappa shape index (κ3) is 2.36. The smallest absolute Gasteiger partial charge is 0.270 e. The van der Waals surface area contributed by atoms with Gasteiger partial charge in [-0.1, -0.05) is 12.1 Å². The van der Waals surface area contributed by atoms with Crippen LogP contribution in [-0.4, -0.2) is 52.5 Å². The summed E-state index contributed by atoms with van der Waals surface area (Å²) in [5.41, 5.74) is 1.20. The van der Waals surface area contributed by atoms with Crippen molar-refractivity contribution in [2.45, 2.75) is 18.9 Å². The molecule has 2 saturated heterocycles. The molecule has 0 atom stereocenters. The van der Waals surface area contributed by atoms with Crippen LogP contribution in [0.5, 0.6) is 0 Å². The van der Waals surface area contributed by atoms with Crippen LogP contribution in [0.25, 0.3) is 10.9 Å². The zero-order valence-electron chi connectivity index (χ0n) is 13.4. The Morgan fingerprint density at radius 2 is 1.83 bits per heavy atom. The predicted octanol–water partition coefficient (Wildman–Crippen LogP) is 1.46. The molecule has 0 radical (unpaired) electrons. The molecule has 4 rings (SSSR count). The van der Waals surface area contributed by atoms with Crippen molar-refractivity contribution in [2.75, 3.05) is 26.2 Å². The molecule has 2 aromatic rings. The molecule has 0 bridgehead atoms. The van der Waals surface area contributed by atoms with Crippen molar-refractivity contribution >= 4 is 16.8 Å². The van der Waals surface area contributed by atoms with Crippen molar-refractivity contribution in [3.05, 3.63) is 46.2 Å². The summed E-state index contributed by atoms with van der Waals surface area (Å²) in [6.45, 7) is 3.86. The SMILES string of the molecule is Cn1c(C(=O)N2CC(N3CCCC3)C2)cc(=O)c2ccccc21. The Labute approximate surface area is 135 Å². The predicted molar refractivity (Wildman–Crippen MR) is 89.7 cm³/mol. The summed E-state index contributed by atoms with van der Waals surface area (Å²) < 4.78 is 1.84. The van der Waals surface area contributed by atoms with E-state index in [4.69, 9.17) is 0 Å². The van der Waals surface area contributed by atoms with E-state index in [0.717, 1.165) is 31.7 Å². The van der Waals surface area contributed by atoms with Gasteiger partial charge in [0.2, 0.25) is 0 Å². The number of fused-ring (bicyclic) bond motifs is 1. The van der Waals surface area contributed by atoms with E-state index < -0.39 is 0 Å². The zero-order valence-corrected chi connectivity index (χ0v) is 13.4. The summed E-state index contributed by atoms with van der Waals surface area (Å²) in [6.07, 6.45) is 2.53. The van der Waals surface area contributed by atoms with Gasteiger partial charge >= 0.3 is 0 Å². The third-order valence-corrected chi connectivity index (χ3v) is 5.19. The maximum absolute atomic E-state index is 12.8. The van der Waals surface area contributed by atoms with E-state index in [1.165, 1.54) is 18.9 Å². The van der Waals surface area contributed by atoms with Gasteiger partial charge in [-0.05, 0) is 38.1 Å². The molecule has 0 aliphatic carbocycles. The van der Waals surface area contributed by atoms with Crippen molar-refractivity contribution in [3.63, 3.8) is 0 Å². The number of likely N-dealkylation sites (tertiary alicyclic amines) is 2. The van der Waals surface area contributed by atoms with Crippen molar-refractivity contribution in [3.8, 4) is 0 Å². The molecule has 23 heavy (non-hydrogen) atoms. The monoisotopic (exact) mass is 311 g/mol. The maximum Gasteiger partial charge on any atom is 0.270 e. The van der Waals surface area contributed by atoms with Crippen LogP contribution >= 0.6 is 0 Å². The molecule has 0 spiro atoms. The molecule has 2 aliphatic rings. The second-order valence-corrected chi connectivity index (χ2v) is 6.58. The van der Waals surface area contributed by atoms with E-state index in [-0.39, 0.29) is 11.3 Å². The minimum absolute atomic E-state index is 0.0363. The van der Waals surface area contributed by atoms with Gasteiger partial charge in [-0.25, -0.2) is 0 Å². The molecule has 5 nitrogen and oxygen atoms in total. The van der Waals surface area contributed by atoms with Gasteiger partial charge in [-0.15, -0.1) is 0 Å². The summed E-state index contributed by atoms with van der Waals surface area (Å²) in [5, 5.41) is 0.658. The number of pyridine rings is 1. The first-order valence-corrected chi connectivity index (χ1v) is 8.27. The second kappa shape index (κ2) is 5.49. The quantitative estimate of drug-likeness (QED) is 0.843. The Hall–Kier alpha value is -2.14. The van der Waals surface area contributed by atoms with Gasteiger partial charge in [-0.2, -0.15) is 0 Å². The lowest BCUT2D eigenvalue weighted by Gasteiger charge is -2.44. The number of carbonyl (C=O) groups is 1. The lowest BCUT2D eigenvalue weighted by molar-refractivity contribution is 0.0326. The van der Waals surface area contributed by atoms with Crippen molar-refractivity contribution in [1.82, 2.24) is 14.4 Å². The van der Waals surface area contributed by atoms with Gasteiger partial charge in [0.15, 0.2) is 5.43 Å². The summed E-state index contributed by atoms with van der Waals surface area (Å²) in [6, 6.07) is 9.41. The van der Waals surface area contributed by atoms with E-state index in [9.17, 15) is 9.59 Å². The normalized spacial score (nSPS) is 19.3. The molecule has 2 fully saturated rings. The average Bonchev–Trinajstić information content (AvgIpc) is 3.03. The number of hydrogen-bond donors (Lipinski definition) is 0. The van der Waals surface area contributed by atoms with E-state index in [1.54, 1.807) is 6.07 Å². The van der Waals surface area contributed by atoms with Crippen LogP contribution in [-0.2, 0) is 7.05 Å². The van der Waals surface area contributed by atoms with Gasteiger partial charge < -0.3 is 9.47 Å². The van der Waals surface area contributed by atoms with Gasteiger partial charge in [-0.3, -0.25) is 14.5 Å². The van der Waals surface area contributed by atoms with E-state index in [1.807, 2.05) is 34.7 Å². The highest BCUT2D eigenvalue weighted by Gasteiger charge is 2.36. The molecule has 0 saturated carbocycles. The third-order valence-electron chi connectivity index (χ3n) is 5.19. The number of amides is 1. The Balaban J connectivity index is 1.59. The van der Waals surface area contributed by atoms with Gasteiger partial charge in [0.1, 0.15) is 5.69 Å². The number of aromatic nitrogens is 1. The Morgan fingerprint density at radius 3 is 2.57 bits per heavy atom. The Morgan fingerprint density at radius 1 is 1.13 bits per heavy atom. The number of nitrogens with zero attached hydrogens (tertiary/aromatic N) is 3. The largest absolute Gasteiger partial charge is 0.339 e. The van der Waals surface area contributed by atoms with E-state index in [2.05, 4.69) is 4.90 Å². The summed E-state index contributed by atoms with van der Waals surface area (Å²) in [7, 11) is 1.85. The first kappa shape index (κ1) is 14.5. The van der Waals surface area contributed by atoms with Crippen molar-refractivity contribution in [2.24, 2.45) is 7.05 Å². The molecule has 1 aromatic carbocycles. The summed E-state index contributed by atoms with van der Waals surface area (Å²) in [4.78, 5) is 29.3. The van der Waals surface area contributed by atoms with Crippen LogP contribution in [0.2, 0.25) is 0 Å². The van der Waals surface area contributed by atoms with Crippen LogP contribution in [0.15, 0.2) is 35.1 Å². The van der Waals surface area contributed by atoms with Crippen LogP contribution in [0.3, 0.4) is 0 Å². The lowest BCUT2D eigenvalue weighted by Crippen LogP contribution is -2.60. The molecule has 1 aromatic heterocycles. The molecule has 5 heteroatoms. The van der Waals surface area contributed by atoms with Crippen LogP contribution in [0, 0.1) is 0 Å². The average molecular weight is 311 g/mol. The van der Waals surface area contributed by atoms with E-state index >= 15 is 0 Å². The van der Waals surface area contributed by atoms with Gasteiger partial charge in [0.05, 0.1) is 5.52 Å². The molecular weight excluding hydrogens is 290 g/mol. The van der Waals surface area contributed by atoms with E-state index in [0.29, 0.717) is 17.1 Å². The number of hydrogen-bond acceptors (Lipinski definition) is 3. The number of rotatable bonds is 2. The molecule has 3 heterocycles. The highest BCUT2D eigenvalue weighted by atomic mass is 16.2. The minimum Gasteiger partial charge on any atom is -0.339 e. The fraction of sp³-hybridized carbons (Fsp3) is 0.444. The number of para-hydroxylation sites is 1. The number of aryl methyl sites for hydroxylation is 1. The first-order valence-electron chi connectivity index (χ1n) is 8.27. The fourth-order valence-electron chi connectivity index (χ4n) is 3.73. The van der Waals surface area contributed by atoms with Crippen molar-refractivity contribution < 1.29 is 4.79 Å². The van der Waals surface area contributed by atoms with Crippen LogP contribution in [0.4, 0.5) is 0 Å². The maximum atomic E-state index is 12.8. The van der Waals surface area contributed by atoms with Gasteiger partial charge in [0.25, 0.3) is 5.91 Å². The standard InChI is InChI=1S/C18H21N3O2/c1-19-15-7-3-2-6-14(15)17(22)10-16(19)18(23)21-11-13(12-21)20-8-4-5-9-20/h2-3,6-7,10,13H,4-5,8-9,11-12H2,1H3. The molecular formula is C18H21N3O2. The first-order chi connectivity index (χ1) is 11.1. The minimum atomic E-state index is -0.0846. The lowest BCUT2D eigenvalue weighted by atomic mass is 10.1. The second-order valence-electron chi connectivity index (χ2n) is 6.58. The summed E-state index contributed by atoms with van der Waals surface area (Å²) >= 11 is 0. The van der Waals surface area contributed by atoms with Crippen LogP contribution < -0.4 is 5.43 Å². The molecule has 1 amide bonds. The number of carbonyl (C=O) groups excluding carboxylic acids is 1. The number of benzene rings is 1. The Kier molecular flexibility index (Phi) is 3.45. The zero-order chi connectivity index (χ0) is 16.0. The molecule has 2 aliphatic heterocycles. The highest BCUT2D eigenvalue weighted by molar-refractivity contribution is 5.96. The van der Waals surface area contributed by atoms with Gasteiger partial charge in [0, 0.05) is 37.6 Å². The Bertz CT molecular complexity index is 815. The molecule has 0 unspecified atom stereocenters. The molecule has 0 N–H and O–H groups in total. The molecule has 120 valence electrons.